The summed E-state index contributed by atoms with van der Waals surface area (Å²) < 4.78 is 38.9. The number of allylic oxidation sites excluding steroid dienone is 2. The Labute approximate surface area is 207 Å². The number of anilines is 1. The van der Waals surface area contributed by atoms with Gasteiger partial charge in [-0.05, 0) is 55.8 Å². The van der Waals surface area contributed by atoms with Crippen LogP contribution in [-0.2, 0) is 9.53 Å². The van der Waals surface area contributed by atoms with E-state index in [0.717, 1.165) is 23.5 Å². The van der Waals surface area contributed by atoms with Gasteiger partial charge in [-0.1, -0.05) is 0 Å². The van der Waals surface area contributed by atoms with Gasteiger partial charge in [0.2, 0.25) is 0 Å². The van der Waals surface area contributed by atoms with Gasteiger partial charge in [-0.25, -0.2) is 18.6 Å². The number of hydrogen-bond acceptors (Lipinski definition) is 7. The normalized spacial score (nSPS) is 17.2. The molecule has 1 aliphatic heterocycles. The number of Topliss-reactive ketones (excluding diaryl/α,β-unsaturated/α-hetero) is 1. The van der Waals surface area contributed by atoms with Crippen molar-refractivity contribution in [2.45, 2.75) is 42.4 Å². The van der Waals surface area contributed by atoms with Crippen molar-refractivity contribution in [1.82, 2.24) is 15.0 Å². The minimum atomic E-state index is -1.02. The molecule has 3 aromatic heterocycles. The summed E-state index contributed by atoms with van der Waals surface area (Å²) in [4.78, 5) is 35.6. The average Bonchev–Trinajstić information content (AvgIpc) is 3.59. The van der Waals surface area contributed by atoms with Crippen molar-refractivity contribution >= 4 is 40.2 Å². The van der Waals surface area contributed by atoms with Crippen molar-refractivity contribution in [2.75, 3.05) is 11.9 Å². The maximum atomic E-state index is 14.1. The molecule has 0 fully saturated rings. The van der Waals surface area contributed by atoms with Gasteiger partial charge in [0.15, 0.2) is 27.7 Å². The maximum Gasteiger partial charge on any atom is 0.356 e. The highest BCUT2D eigenvalue weighted by Gasteiger charge is 2.39. The highest BCUT2D eigenvalue weighted by molar-refractivity contribution is 7.99. The minimum Gasteiger partial charge on any atom is -0.461 e. The van der Waals surface area contributed by atoms with E-state index >= 15 is 0 Å². The molecule has 0 spiro atoms. The highest BCUT2D eigenvalue weighted by Crippen LogP contribution is 2.47. The summed E-state index contributed by atoms with van der Waals surface area (Å²) in [5.74, 6) is -2.44. The molecule has 1 aliphatic carbocycles. The molecule has 0 saturated carbocycles. The number of H-pyrrole nitrogens is 2. The van der Waals surface area contributed by atoms with Crippen LogP contribution in [0.15, 0.2) is 56.4 Å². The molecule has 2 aliphatic rings. The molecule has 1 aromatic carbocycles. The van der Waals surface area contributed by atoms with E-state index in [1.807, 2.05) is 0 Å². The van der Waals surface area contributed by atoms with E-state index in [2.05, 4.69) is 20.3 Å². The SMILES string of the molecule is CCOC(=O)c1[nH]cc2c1NC1=C(C(=O)CCC1)C2c1ccc(Sc2nc3c(F)c(F)ccc3[nH]2)o1. The van der Waals surface area contributed by atoms with Crippen LogP contribution in [0.4, 0.5) is 14.5 Å². The summed E-state index contributed by atoms with van der Waals surface area (Å²) in [6.07, 6.45) is 3.52. The minimum absolute atomic E-state index is 0.0265. The molecule has 1 unspecified atom stereocenters. The van der Waals surface area contributed by atoms with Gasteiger partial charge in [0.1, 0.15) is 17.0 Å². The summed E-state index contributed by atoms with van der Waals surface area (Å²) in [6.45, 7) is 1.97. The van der Waals surface area contributed by atoms with Crippen molar-refractivity contribution in [3.05, 3.63) is 70.4 Å². The first kappa shape index (κ1) is 22.6. The second-order valence-corrected chi connectivity index (χ2v) is 9.49. The largest absolute Gasteiger partial charge is 0.461 e. The molecule has 0 amide bonds. The molecule has 11 heteroatoms. The molecule has 4 aromatic rings. The van der Waals surface area contributed by atoms with Crippen LogP contribution in [0.2, 0.25) is 0 Å². The highest BCUT2D eigenvalue weighted by atomic mass is 32.2. The van der Waals surface area contributed by atoms with Gasteiger partial charge in [-0.2, -0.15) is 0 Å². The Kier molecular flexibility index (Phi) is 5.44. The predicted octanol–water partition coefficient (Wildman–Crippen LogP) is 5.65. The number of esters is 1. The Morgan fingerprint density at radius 1 is 1.25 bits per heavy atom. The number of benzene rings is 1. The van der Waals surface area contributed by atoms with Crippen molar-refractivity contribution in [1.29, 1.82) is 0 Å². The standard InChI is InChI=1S/C25H20F2N4O4S/c1-2-34-24(33)23-21-11(10-28-23)18(19-13(29-21)4-3-5-15(19)32)16-8-9-17(35-16)36-25-30-14-7-6-12(26)20(27)22(14)31-25/h6-10,18,28-29H,2-5H2,1H3,(H,30,31). The Morgan fingerprint density at radius 3 is 2.94 bits per heavy atom. The number of carbonyl (C=O) groups excluding carboxylic acids is 2. The molecule has 0 bridgehead atoms. The van der Waals surface area contributed by atoms with E-state index in [1.54, 1.807) is 25.3 Å². The summed E-state index contributed by atoms with van der Waals surface area (Å²) in [5.41, 5.74) is 3.25. The zero-order valence-electron chi connectivity index (χ0n) is 19.0. The Hall–Kier alpha value is -3.86. The average molecular weight is 511 g/mol. The number of aromatic nitrogens is 3. The van der Waals surface area contributed by atoms with Gasteiger partial charge in [-0.3, -0.25) is 4.79 Å². The third kappa shape index (κ3) is 3.62. The van der Waals surface area contributed by atoms with Crippen molar-refractivity contribution in [3.8, 4) is 0 Å². The topological polar surface area (TPSA) is 113 Å². The predicted molar refractivity (Wildman–Crippen MR) is 127 cm³/mol. The molecular weight excluding hydrogens is 490 g/mol. The summed E-state index contributed by atoms with van der Waals surface area (Å²) >= 11 is 1.12. The summed E-state index contributed by atoms with van der Waals surface area (Å²) in [5, 5.41) is 4.08. The number of carbonyl (C=O) groups is 2. The van der Waals surface area contributed by atoms with Crippen LogP contribution >= 0.6 is 11.8 Å². The summed E-state index contributed by atoms with van der Waals surface area (Å²) in [6, 6.07) is 5.97. The Morgan fingerprint density at radius 2 is 2.11 bits per heavy atom. The number of fused-ring (bicyclic) bond motifs is 2. The fourth-order valence-corrected chi connectivity index (χ4v) is 5.54. The van der Waals surface area contributed by atoms with E-state index in [1.165, 1.54) is 6.07 Å². The number of ketones is 1. The van der Waals surface area contributed by atoms with Crippen LogP contribution in [0, 0.1) is 11.6 Å². The number of aromatic amines is 2. The maximum absolute atomic E-state index is 14.1. The van der Waals surface area contributed by atoms with Gasteiger partial charge < -0.3 is 24.4 Å². The molecule has 6 rings (SSSR count). The van der Waals surface area contributed by atoms with Gasteiger partial charge in [-0.15, -0.1) is 0 Å². The zero-order chi connectivity index (χ0) is 25.0. The van der Waals surface area contributed by atoms with E-state index in [0.29, 0.717) is 63.3 Å². The zero-order valence-corrected chi connectivity index (χ0v) is 19.9. The summed E-state index contributed by atoms with van der Waals surface area (Å²) in [7, 11) is 0. The molecule has 1 atom stereocenters. The van der Waals surface area contributed by atoms with Crippen molar-refractivity contribution < 1.29 is 27.5 Å². The number of furan rings is 1. The number of ether oxygens (including phenoxy) is 1. The molecule has 184 valence electrons. The van der Waals surface area contributed by atoms with Crippen LogP contribution in [0.1, 0.15) is 53.9 Å². The fourth-order valence-electron chi connectivity index (χ4n) is 4.78. The van der Waals surface area contributed by atoms with Gasteiger partial charge in [0.05, 0.1) is 23.7 Å². The van der Waals surface area contributed by atoms with Crippen LogP contribution in [0.3, 0.4) is 0 Å². The first-order valence-corrected chi connectivity index (χ1v) is 12.3. The first-order valence-electron chi connectivity index (χ1n) is 11.5. The second kappa shape index (κ2) is 8.66. The molecule has 36 heavy (non-hydrogen) atoms. The van der Waals surface area contributed by atoms with Crippen LogP contribution < -0.4 is 5.32 Å². The Bertz CT molecular complexity index is 1570. The van der Waals surface area contributed by atoms with Gasteiger partial charge >= 0.3 is 5.97 Å². The molecule has 0 saturated heterocycles. The van der Waals surface area contributed by atoms with Gasteiger partial charge in [0, 0.05) is 29.5 Å². The lowest BCUT2D eigenvalue weighted by molar-refractivity contribution is -0.116. The fraction of sp³-hybridized carbons (Fsp3) is 0.240. The third-order valence-electron chi connectivity index (χ3n) is 6.33. The molecule has 0 radical (unpaired) electrons. The number of nitrogens with zero attached hydrogens (tertiary/aromatic N) is 1. The van der Waals surface area contributed by atoms with Gasteiger partial charge in [0.25, 0.3) is 0 Å². The smallest absolute Gasteiger partial charge is 0.356 e. The van der Waals surface area contributed by atoms with Crippen LogP contribution in [-0.4, -0.2) is 33.3 Å². The lowest BCUT2D eigenvalue weighted by Gasteiger charge is -2.31. The first-order chi connectivity index (χ1) is 17.4. The van der Waals surface area contributed by atoms with Crippen LogP contribution in [0.25, 0.3) is 11.0 Å². The van der Waals surface area contributed by atoms with E-state index in [9.17, 15) is 18.4 Å². The number of imidazole rings is 1. The number of hydrogen-bond donors (Lipinski definition) is 3. The van der Waals surface area contributed by atoms with E-state index < -0.39 is 23.5 Å². The lowest BCUT2D eigenvalue weighted by Crippen LogP contribution is -2.26. The molecular formula is C25H20F2N4O4S. The molecule has 3 N–H and O–H groups in total. The number of nitrogens with one attached hydrogen (secondary N) is 3. The lowest BCUT2D eigenvalue weighted by atomic mass is 9.78. The monoisotopic (exact) mass is 510 g/mol. The molecule has 4 heterocycles. The van der Waals surface area contributed by atoms with E-state index in [4.69, 9.17) is 9.15 Å². The number of halogens is 2. The van der Waals surface area contributed by atoms with Crippen LogP contribution in [0.5, 0.6) is 0 Å². The Balaban J connectivity index is 1.37. The molecule has 8 nitrogen and oxygen atoms in total. The number of rotatable bonds is 5. The van der Waals surface area contributed by atoms with Crippen molar-refractivity contribution in [2.24, 2.45) is 0 Å². The third-order valence-corrected chi connectivity index (χ3v) is 7.14. The second-order valence-electron chi connectivity index (χ2n) is 8.50. The quantitative estimate of drug-likeness (QED) is 0.297. The van der Waals surface area contributed by atoms with E-state index in [-0.39, 0.29) is 17.9 Å². The van der Waals surface area contributed by atoms with Crippen molar-refractivity contribution in [3.63, 3.8) is 0 Å².